The van der Waals surface area contributed by atoms with Crippen LogP contribution in [0.15, 0.2) is 60.8 Å². The van der Waals surface area contributed by atoms with Crippen LogP contribution in [0.25, 0.3) is 0 Å². The molecule has 0 aliphatic carbocycles. The summed E-state index contributed by atoms with van der Waals surface area (Å²) in [6.07, 6.45) is 84.1. The number of ether oxygens (including phenoxy) is 3. The molecule has 6 heteroatoms. The average Bonchev–Trinajstić information content (AvgIpc) is 3.43. The molecule has 0 rings (SSSR count). The molecule has 6 nitrogen and oxygen atoms in total. The molecule has 0 spiro atoms. The minimum atomic E-state index is -0.772. The van der Waals surface area contributed by atoms with Crippen LogP contribution in [0.1, 0.15) is 355 Å². The van der Waals surface area contributed by atoms with Gasteiger partial charge in [-0.15, -0.1) is 0 Å². The van der Waals surface area contributed by atoms with Gasteiger partial charge in [-0.05, 0) is 83.5 Å². The standard InChI is InChI=1S/C71H128O6/c1-4-7-10-13-16-18-20-22-24-26-28-30-32-34-35-37-38-40-42-44-46-48-50-52-55-58-61-64-70(73)76-67-68(66-75-69(72)63-60-57-54-15-12-9-6-3)77-71(74)65-62-59-56-53-51-49-47-45-43-41-39-36-33-31-29-27-25-23-21-19-17-14-11-8-5-2/h8,11,17,19,23,25-26,28-29,31,68H,4-7,9-10,12-16,18,20-22,24,27,30,32-67H2,1-3H3/b11-8-,19-17-,25-23-,28-26-,31-29-. The van der Waals surface area contributed by atoms with Gasteiger partial charge in [-0.1, -0.05) is 313 Å². The zero-order valence-electron chi connectivity index (χ0n) is 51.5. The van der Waals surface area contributed by atoms with Gasteiger partial charge in [0.15, 0.2) is 6.10 Å². The van der Waals surface area contributed by atoms with Crippen LogP contribution in [0.2, 0.25) is 0 Å². The number of hydrogen-bond donors (Lipinski definition) is 0. The summed E-state index contributed by atoms with van der Waals surface area (Å²) in [6.45, 7) is 6.53. The van der Waals surface area contributed by atoms with Crippen molar-refractivity contribution in [2.24, 2.45) is 0 Å². The molecule has 0 amide bonds. The van der Waals surface area contributed by atoms with Crippen molar-refractivity contribution < 1.29 is 28.6 Å². The molecule has 0 aromatic heterocycles. The Kier molecular flexibility index (Phi) is 63.2. The van der Waals surface area contributed by atoms with E-state index in [4.69, 9.17) is 14.2 Å². The molecule has 1 atom stereocenters. The molecule has 0 aromatic carbocycles. The second kappa shape index (κ2) is 65.6. The Labute approximate surface area is 479 Å². The second-order valence-corrected chi connectivity index (χ2v) is 22.7. The summed E-state index contributed by atoms with van der Waals surface area (Å²) >= 11 is 0. The lowest BCUT2D eigenvalue weighted by Crippen LogP contribution is -2.30. The maximum absolute atomic E-state index is 12.9. The summed E-state index contributed by atoms with van der Waals surface area (Å²) < 4.78 is 16.9. The van der Waals surface area contributed by atoms with Crippen LogP contribution in [0.3, 0.4) is 0 Å². The number of carbonyl (C=O) groups is 3. The fourth-order valence-corrected chi connectivity index (χ4v) is 9.96. The van der Waals surface area contributed by atoms with Crippen molar-refractivity contribution >= 4 is 17.9 Å². The molecule has 0 radical (unpaired) electrons. The Balaban J connectivity index is 4.07. The van der Waals surface area contributed by atoms with Crippen LogP contribution >= 0.6 is 0 Å². The Morgan fingerprint density at radius 2 is 0.506 bits per heavy atom. The lowest BCUT2D eigenvalue weighted by molar-refractivity contribution is -0.167. The molecule has 0 aliphatic heterocycles. The first kappa shape index (κ1) is 74.1. The third-order valence-electron chi connectivity index (χ3n) is 15.0. The molecular weight excluding hydrogens is 949 g/mol. The molecule has 0 bridgehead atoms. The van der Waals surface area contributed by atoms with Gasteiger partial charge in [0.25, 0.3) is 0 Å². The Bertz CT molecular complexity index is 1380. The van der Waals surface area contributed by atoms with Crippen molar-refractivity contribution in [1.29, 1.82) is 0 Å². The van der Waals surface area contributed by atoms with Crippen LogP contribution in [0.5, 0.6) is 0 Å². The molecule has 448 valence electrons. The summed E-state index contributed by atoms with van der Waals surface area (Å²) in [5, 5.41) is 0. The Morgan fingerprint density at radius 3 is 0.805 bits per heavy atom. The molecule has 0 aromatic rings. The Morgan fingerprint density at radius 1 is 0.273 bits per heavy atom. The fourth-order valence-electron chi connectivity index (χ4n) is 9.96. The van der Waals surface area contributed by atoms with Gasteiger partial charge in [0.05, 0.1) is 0 Å². The van der Waals surface area contributed by atoms with Crippen molar-refractivity contribution in [3.63, 3.8) is 0 Å². The highest BCUT2D eigenvalue weighted by molar-refractivity contribution is 5.71. The van der Waals surface area contributed by atoms with E-state index in [2.05, 4.69) is 81.5 Å². The number of unbranched alkanes of at least 4 members (excludes halogenated alkanes) is 41. The monoisotopic (exact) mass is 1080 g/mol. The zero-order valence-corrected chi connectivity index (χ0v) is 51.5. The number of esters is 3. The van der Waals surface area contributed by atoms with E-state index < -0.39 is 6.10 Å². The molecule has 0 fully saturated rings. The van der Waals surface area contributed by atoms with Gasteiger partial charge in [-0.25, -0.2) is 0 Å². The quantitative estimate of drug-likeness (QED) is 0.0261. The Hall–Kier alpha value is -2.89. The molecule has 77 heavy (non-hydrogen) atoms. The lowest BCUT2D eigenvalue weighted by atomic mass is 10.0. The summed E-state index contributed by atoms with van der Waals surface area (Å²) in [7, 11) is 0. The van der Waals surface area contributed by atoms with E-state index in [0.29, 0.717) is 19.3 Å². The largest absolute Gasteiger partial charge is 0.462 e. The maximum Gasteiger partial charge on any atom is 0.306 e. The highest BCUT2D eigenvalue weighted by Crippen LogP contribution is 2.18. The minimum Gasteiger partial charge on any atom is -0.462 e. The molecule has 0 aliphatic rings. The zero-order chi connectivity index (χ0) is 55.7. The van der Waals surface area contributed by atoms with Crippen LogP contribution in [-0.2, 0) is 28.6 Å². The number of rotatable bonds is 62. The normalized spacial score (nSPS) is 12.4. The first-order valence-corrected chi connectivity index (χ1v) is 33.8. The summed E-state index contributed by atoms with van der Waals surface area (Å²) in [6, 6.07) is 0. The molecule has 0 saturated heterocycles. The predicted molar refractivity (Wildman–Crippen MR) is 335 cm³/mol. The van der Waals surface area contributed by atoms with E-state index in [-0.39, 0.29) is 31.1 Å². The molecular formula is C71H128O6. The van der Waals surface area contributed by atoms with Gasteiger partial charge >= 0.3 is 17.9 Å². The summed E-state index contributed by atoms with van der Waals surface area (Å²) in [5.74, 6) is -0.861. The third kappa shape index (κ3) is 63.8. The number of hydrogen-bond acceptors (Lipinski definition) is 6. The van der Waals surface area contributed by atoms with E-state index in [0.717, 1.165) is 83.5 Å². The SMILES string of the molecule is CC/C=C\C/C=C\C/C=C\C/C=C\CCCCCCCCCCCCCCC(=O)OC(COC(=O)CCCCCCCCC)COC(=O)CCCCCCCCCCCCCCCCC/C=C\CCCCCCCCCC. The van der Waals surface area contributed by atoms with Crippen LogP contribution in [0, 0.1) is 0 Å². The van der Waals surface area contributed by atoms with Gasteiger partial charge in [0, 0.05) is 19.3 Å². The second-order valence-electron chi connectivity index (χ2n) is 22.7. The van der Waals surface area contributed by atoms with Crippen molar-refractivity contribution in [3.05, 3.63) is 60.8 Å². The van der Waals surface area contributed by atoms with Crippen molar-refractivity contribution in [3.8, 4) is 0 Å². The van der Waals surface area contributed by atoms with Gasteiger partial charge in [-0.3, -0.25) is 14.4 Å². The highest BCUT2D eigenvalue weighted by Gasteiger charge is 2.19. The summed E-state index contributed by atoms with van der Waals surface area (Å²) in [5.41, 5.74) is 0. The third-order valence-corrected chi connectivity index (χ3v) is 15.0. The van der Waals surface area contributed by atoms with Gasteiger partial charge < -0.3 is 14.2 Å². The fraction of sp³-hybridized carbons (Fsp3) is 0.817. The summed E-state index contributed by atoms with van der Waals surface area (Å²) in [4.78, 5) is 38.1. The van der Waals surface area contributed by atoms with E-state index in [1.807, 2.05) is 0 Å². The van der Waals surface area contributed by atoms with Gasteiger partial charge in [0.1, 0.15) is 13.2 Å². The highest BCUT2D eigenvalue weighted by atomic mass is 16.6. The van der Waals surface area contributed by atoms with E-state index in [9.17, 15) is 14.4 Å². The molecule has 1 unspecified atom stereocenters. The van der Waals surface area contributed by atoms with Crippen LogP contribution < -0.4 is 0 Å². The van der Waals surface area contributed by atoms with Crippen molar-refractivity contribution in [2.45, 2.75) is 361 Å². The average molecular weight is 1080 g/mol. The first-order chi connectivity index (χ1) is 38.0. The van der Waals surface area contributed by atoms with E-state index in [1.54, 1.807) is 0 Å². The van der Waals surface area contributed by atoms with Gasteiger partial charge in [-0.2, -0.15) is 0 Å². The van der Waals surface area contributed by atoms with Gasteiger partial charge in [0.2, 0.25) is 0 Å². The maximum atomic E-state index is 12.9. The van der Waals surface area contributed by atoms with Crippen molar-refractivity contribution in [1.82, 2.24) is 0 Å². The van der Waals surface area contributed by atoms with E-state index in [1.165, 1.54) is 231 Å². The topological polar surface area (TPSA) is 78.9 Å². The molecule has 0 saturated carbocycles. The van der Waals surface area contributed by atoms with Crippen LogP contribution in [-0.4, -0.2) is 37.2 Å². The molecule has 0 heterocycles. The minimum absolute atomic E-state index is 0.0708. The number of allylic oxidation sites excluding steroid dienone is 10. The lowest BCUT2D eigenvalue weighted by Gasteiger charge is -2.18. The number of carbonyl (C=O) groups excluding carboxylic acids is 3. The molecule has 0 N–H and O–H groups in total. The predicted octanol–water partition coefficient (Wildman–Crippen LogP) is 23.1. The smallest absolute Gasteiger partial charge is 0.306 e. The van der Waals surface area contributed by atoms with E-state index >= 15 is 0 Å². The first-order valence-electron chi connectivity index (χ1n) is 33.8. The van der Waals surface area contributed by atoms with Crippen LogP contribution in [0.4, 0.5) is 0 Å². The van der Waals surface area contributed by atoms with Crippen molar-refractivity contribution in [2.75, 3.05) is 13.2 Å².